The van der Waals surface area contributed by atoms with Gasteiger partial charge in [0, 0.05) is 7.05 Å². The van der Waals surface area contributed by atoms with Crippen LogP contribution in [0.15, 0.2) is 75.0 Å². The van der Waals surface area contributed by atoms with Crippen molar-refractivity contribution >= 4 is 56.5 Å². The van der Waals surface area contributed by atoms with Crippen molar-refractivity contribution in [3.05, 3.63) is 92.3 Å². The molecule has 0 aromatic heterocycles. The van der Waals surface area contributed by atoms with Gasteiger partial charge in [0.05, 0.1) is 34.3 Å². The summed E-state index contributed by atoms with van der Waals surface area (Å²) in [6.45, 7) is 4.83. The van der Waals surface area contributed by atoms with Crippen LogP contribution >= 0.6 is 27.7 Å². The van der Waals surface area contributed by atoms with E-state index in [0.717, 1.165) is 15.6 Å². The Balaban J connectivity index is 1.55. The molecule has 0 radical (unpaired) electrons. The Morgan fingerprint density at radius 2 is 1.79 bits per heavy atom. The summed E-state index contributed by atoms with van der Waals surface area (Å²) in [6.07, 6.45) is 1.81. The maximum atomic E-state index is 13.0. The Morgan fingerprint density at radius 3 is 2.45 bits per heavy atom. The van der Waals surface area contributed by atoms with Gasteiger partial charge in [0.15, 0.2) is 16.7 Å². The van der Waals surface area contributed by atoms with Gasteiger partial charge in [-0.15, -0.1) is 0 Å². The molecule has 0 N–H and O–H groups in total. The number of ether oxygens (including phenoxy) is 3. The smallest absolute Gasteiger partial charge is 0.337 e. The van der Waals surface area contributed by atoms with Crippen LogP contribution in [-0.4, -0.2) is 42.7 Å². The van der Waals surface area contributed by atoms with Crippen molar-refractivity contribution in [2.45, 2.75) is 20.5 Å². The third-order valence-corrected chi connectivity index (χ3v) is 7.30. The van der Waals surface area contributed by atoms with E-state index < -0.39 is 5.97 Å². The van der Waals surface area contributed by atoms with Crippen LogP contribution in [0.25, 0.3) is 6.08 Å². The monoisotopic (exact) mass is 594 g/mol. The summed E-state index contributed by atoms with van der Waals surface area (Å²) in [5.41, 5.74) is 4.09. The van der Waals surface area contributed by atoms with E-state index in [9.17, 15) is 9.59 Å². The van der Waals surface area contributed by atoms with Crippen LogP contribution in [0.5, 0.6) is 11.5 Å². The molecule has 0 spiro atoms. The molecule has 0 aliphatic carbocycles. The van der Waals surface area contributed by atoms with Gasteiger partial charge in [-0.05, 0) is 95.1 Å². The van der Waals surface area contributed by atoms with Gasteiger partial charge in [-0.1, -0.05) is 29.8 Å². The summed E-state index contributed by atoms with van der Waals surface area (Å²) >= 11 is 4.89. The highest BCUT2D eigenvalue weighted by atomic mass is 79.9. The molecule has 0 atom stereocenters. The zero-order valence-electron chi connectivity index (χ0n) is 21.5. The van der Waals surface area contributed by atoms with E-state index >= 15 is 0 Å². The van der Waals surface area contributed by atoms with E-state index in [0.29, 0.717) is 46.0 Å². The van der Waals surface area contributed by atoms with Crippen LogP contribution in [0.3, 0.4) is 0 Å². The van der Waals surface area contributed by atoms with Gasteiger partial charge in [0.25, 0.3) is 5.91 Å². The number of aryl methyl sites for hydroxylation is 1. The molecule has 196 valence electrons. The van der Waals surface area contributed by atoms with Crippen molar-refractivity contribution < 1.29 is 23.8 Å². The first-order valence-corrected chi connectivity index (χ1v) is 13.5. The number of carbonyl (C=O) groups is 2. The fourth-order valence-corrected chi connectivity index (χ4v) is 5.18. The summed E-state index contributed by atoms with van der Waals surface area (Å²) in [7, 11) is 3.02. The number of likely N-dealkylation sites (N-methyl/N-ethyl adjacent to an activating group) is 1. The number of carbonyl (C=O) groups excluding carboxylic acids is 2. The molecular weight excluding hydrogens is 568 g/mol. The SMILES string of the molecule is CCOc1cc(C=C2SC(=Nc3ccc(C(=O)OC)cc3)N(C)C2=O)cc(Br)c1OCc1ccc(C)cc1. The average Bonchev–Trinajstić information content (AvgIpc) is 3.17. The molecule has 38 heavy (non-hydrogen) atoms. The van der Waals surface area contributed by atoms with Crippen molar-refractivity contribution in [3.63, 3.8) is 0 Å². The van der Waals surface area contributed by atoms with E-state index in [2.05, 4.69) is 33.1 Å². The Morgan fingerprint density at radius 1 is 1.08 bits per heavy atom. The maximum Gasteiger partial charge on any atom is 0.337 e. The number of amidine groups is 1. The lowest BCUT2D eigenvalue weighted by molar-refractivity contribution is -0.121. The minimum atomic E-state index is -0.416. The maximum absolute atomic E-state index is 13.0. The van der Waals surface area contributed by atoms with Crippen LogP contribution in [0, 0.1) is 6.92 Å². The lowest BCUT2D eigenvalue weighted by atomic mass is 10.1. The first kappa shape index (κ1) is 27.5. The van der Waals surface area contributed by atoms with Crippen molar-refractivity contribution in [3.8, 4) is 11.5 Å². The van der Waals surface area contributed by atoms with E-state index in [4.69, 9.17) is 14.2 Å². The third-order valence-electron chi connectivity index (χ3n) is 5.65. The number of halogens is 1. The fraction of sp³-hybridized carbons (Fsp3) is 0.207. The zero-order chi connectivity index (χ0) is 27.2. The lowest BCUT2D eigenvalue weighted by Crippen LogP contribution is -2.23. The van der Waals surface area contributed by atoms with Crippen LogP contribution < -0.4 is 9.47 Å². The van der Waals surface area contributed by atoms with Gasteiger partial charge in [0.2, 0.25) is 0 Å². The van der Waals surface area contributed by atoms with Gasteiger partial charge in [-0.2, -0.15) is 0 Å². The predicted molar refractivity (Wildman–Crippen MR) is 154 cm³/mol. The van der Waals surface area contributed by atoms with Gasteiger partial charge >= 0.3 is 5.97 Å². The first-order valence-electron chi connectivity index (χ1n) is 11.9. The number of amides is 1. The lowest BCUT2D eigenvalue weighted by Gasteiger charge is -2.15. The number of esters is 1. The van der Waals surface area contributed by atoms with Gasteiger partial charge in [0.1, 0.15) is 6.61 Å². The second-order valence-corrected chi connectivity index (χ2v) is 10.3. The normalized spacial score (nSPS) is 15.3. The van der Waals surface area contributed by atoms with Crippen molar-refractivity contribution in [1.82, 2.24) is 4.90 Å². The van der Waals surface area contributed by atoms with E-state index in [-0.39, 0.29) is 5.91 Å². The Labute approximate surface area is 234 Å². The van der Waals surface area contributed by atoms with Gasteiger partial charge in [-0.3, -0.25) is 9.69 Å². The Kier molecular flexibility index (Phi) is 8.91. The minimum absolute atomic E-state index is 0.159. The number of aliphatic imine (C=N–C) groups is 1. The molecule has 4 rings (SSSR count). The molecule has 1 saturated heterocycles. The van der Waals surface area contributed by atoms with Gasteiger partial charge < -0.3 is 14.2 Å². The van der Waals surface area contributed by atoms with Crippen molar-refractivity contribution in [2.24, 2.45) is 4.99 Å². The van der Waals surface area contributed by atoms with Crippen LogP contribution in [-0.2, 0) is 16.1 Å². The Hall–Kier alpha value is -3.56. The molecule has 9 heteroatoms. The summed E-state index contributed by atoms with van der Waals surface area (Å²) in [5.74, 6) is 0.619. The summed E-state index contributed by atoms with van der Waals surface area (Å²) in [6, 6.07) is 18.6. The van der Waals surface area contributed by atoms with Crippen LogP contribution in [0.1, 0.15) is 34.0 Å². The van der Waals surface area contributed by atoms with Crippen molar-refractivity contribution in [1.29, 1.82) is 0 Å². The Bertz CT molecular complexity index is 1400. The molecule has 0 bridgehead atoms. The van der Waals surface area contributed by atoms with Gasteiger partial charge in [-0.25, -0.2) is 9.79 Å². The molecule has 0 unspecified atom stereocenters. The molecule has 1 aliphatic heterocycles. The average molecular weight is 596 g/mol. The number of rotatable bonds is 8. The molecule has 1 heterocycles. The second-order valence-electron chi connectivity index (χ2n) is 8.44. The molecule has 1 aliphatic rings. The van der Waals surface area contributed by atoms with E-state index in [1.54, 1.807) is 31.3 Å². The molecular formula is C29H27BrN2O5S. The standard InChI is InChI=1S/C29H27BrN2O5S/c1-5-36-24-15-20(14-23(30)26(24)37-17-19-8-6-18(2)7-9-19)16-25-27(33)32(3)29(38-25)31-22-12-10-21(11-13-22)28(34)35-4/h6-16H,5,17H2,1-4H3. The fourth-order valence-electron chi connectivity index (χ4n) is 3.62. The molecule has 3 aromatic rings. The number of hydrogen-bond donors (Lipinski definition) is 0. The minimum Gasteiger partial charge on any atom is -0.490 e. The quantitative estimate of drug-likeness (QED) is 0.212. The largest absolute Gasteiger partial charge is 0.490 e. The number of thioether (sulfide) groups is 1. The van der Waals surface area contributed by atoms with Crippen molar-refractivity contribution in [2.75, 3.05) is 20.8 Å². The second kappa shape index (κ2) is 12.3. The van der Waals surface area contributed by atoms with E-state index in [1.807, 2.05) is 44.2 Å². The molecule has 7 nitrogen and oxygen atoms in total. The highest BCUT2D eigenvalue weighted by Gasteiger charge is 2.30. The van der Waals surface area contributed by atoms with E-state index in [1.165, 1.54) is 29.3 Å². The highest BCUT2D eigenvalue weighted by molar-refractivity contribution is 9.10. The summed E-state index contributed by atoms with van der Waals surface area (Å²) in [5, 5.41) is 0.536. The topological polar surface area (TPSA) is 77.4 Å². The third kappa shape index (κ3) is 6.46. The number of methoxy groups -OCH3 is 1. The molecule has 1 amide bonds. The highest BCUT2D eigenvalue weighted by Crippen LogP contribution is 2.40. The molecule has 1 fully saturated rings. The molecule has 0 saturated carbocycles. The summed E-state index contributed by atoms with van der Waals surface area (Å²) < 4.78 is 17.4. The number of benzene rings is 3. The number of hydrogen-bond acceptors (Lipinski definition) is 7. The zero-order valence-corrected chi connectivity index (χ0v) is 23.9. The van der Waals surface area contributed by atoms with Crippen LogP contribution in [0.4, 0.5) is 5.69 Å². The van der Waals surface area contributed by atoms with Crippen LogP contribution in [0.2, 0.25) is 0 Å². The first-order chi connectivity index (χ1) is 18.3. The predicted octanol–water partition coefficient (Wildman–Crippen LogP) is 6.76. The summed E-state index contributed by atoms with van der Waals surface area (Å²) in [4.78, 5) is 31.2. The number of nitrogens with zero attached hydrogens (tertiary/aromatic N) is 2. The molecule has 3 aromatic carbocycles.